The molecule has 0 aliphatic heterocycles. The van der Waals surface area contributed by atoms with Crippen molar-refractivity contribution in [1.29, 1.82) is 0 Å². The Bertz CT molecular complexity index is 610. The average Bonchev–Trinajstić information content (AvgIpc) is 2.95. The summed E-state index contributed by atoms with van der Waals surface area (Å²) in [5, 5.41) is 5.03. The highest BCUT2D eigenvalue weighted by Crippen LogP contribution is 2.24. The summed E-state index contributed by atoms with van der Waals surface area (Å²) >= 11 is 2.84. The van der Waals surface area contributed by atoms with Gasteiger partial charge < -0.3 is 10.1 Å². The van der Waals surface area contributed by atoms with Gasteiger partial charge in [0.2, 0.25) is 5.91 Å². The maximum Gasteiger partial charge on any atom is 0.340 e. The third kappa shape index (κ3) is 4.61. The van der Waals surface area contributed by atoms with E-state index in [-0.39, 0.29) is 5.91 Å². The van der Waals surface area contributed by atoms with Gasteiger partial charge in [-0.3, -0.25) is 4.79 Å². The summed E-state index contributed by atoms with van der Waals surface area (Å²) in [5.41, 5.74) is 1.57. The molecule has 21 heavy (non-hydrogen) atoms. The van der Waals surface area contributed by atoms with E-state index in [1.807, 2.05) is 30.3 Å². The minimum Gasteiger partial charge on any atom is -0.465 e. The van der Waals surface area contributed by atoms with Gasteiger partial charge in [0.05, 0.1) is 18.4 Å². The normalized spacial score (nSPS) is 10.1. The average molecular weight is 321 g/mol. The standard InChI is InChI=1S/C15H15NO3S2/c1-19-15(18)12-7-8-21-14(12)16-13(17)10-20-9-11-5-3-2-4-6-11/h2-8H,9-10H2,1H3,(H,16,17). The van der Waals surface area contributed by atoms with Crippen LogP contribution >= 0.6 is 23.1 Å². The van der Waals surface area contributed by atoms with E-state index in [2.05, 4.69) is 10.1 Å². The summed E-state index contributed by atoms with van der Waals surface area (Å²) in [6.45, 7) is 0. The van der Waals surface area contributed by atoms with E-state index in [1.54, 1.807) is 11.4 Å². The molecule has 1 N–H and O–H groups in total. The molecule has 0 saturated heterocycles. The monoisotopic (exact) mass is 321 g/mol. The van der Waals surface area contributed by atoms with Crippen molar-refractivity contribution < 1.29 is 14.3 Å². The second-order valence-corrected chi connectivity index (χ2v) is 6.08. The molecule has 2 aromatic rings. The minimum atomic E-state index is -0.441. The number of nitrogens with one attached hydrogen (secondary N) is 1. The number of carbonyl (C=O) groups excluding carboxylic acids is 2. The van der Waals surface area contributed by atoms with Crippen LogP contribution in [0.25, 0.3) is 0 Å². The van der Waals surface area contributed by atoms with Gasteiger partial charge in [-0.1, -0.05) is 30.3 Å². The Hall–Kier alpha value is -1.79. The fourth-order valence-electron chi connectivity index (χ4n) is 1.68. The maximum atomic E-state index is 11.9. The molecule has 1 aromatic carbocycles. The maximum absolute atomic E-state index is 11.9. The number of ether oxygens (including phenoxy) is 1. The van der Waals surface area contributed by atoms with E-state index in [1.165, 1.54) is 35.8 Å². The van der Waals surface area contributed by atoms with Gasteiger partial charge >= 0.3 is 5.97 Å². The number of rotatable bonds is 6. The van der Waals surface area contributed by atoms with Gasteiger partial charge in [-0.05, 0) is 17.0 Å². The number of hydrogen-bond acceptors (Lipinski definition) is 5. The molecular weight excluding hydrogens is 306 g/mol. The van der Waals surface area contributed by atoms with Gasteiger partial charge in [0.1, 0.15) is 5.00 Å². The zero-order valence-electron chi connectivity index (χ0n) is 11.5. The SMILES string of the molecule is COC(=O)c1ccsc1NC(=O)CSCc1ccccc1. The first-order chi connectivity index (χ1) is 10.2. The zero-order valence-corrected chi connectivity index (χ0v) is 13.1. The van der Waals surface area contributed by atoms with Gasteiger partial charge in [0.25, 0.3) is 0 Å². The summed E-state index contributed by atoms with van der Waals surface area (Å²) in [5.74, 6) is 0.558. The highest BCUT2D eigenvalue weighted by Gasteiger charge is 2.15. The van der Waals surface area contributed by atoms with Crippen LogP contribution in [0.1, 0.15) is 15.9 Å². The molecular formula is C15H15NO3S2. The molecule has 4 nitrogen and oxygen atoms in total. The van der Waals surface area contributed by atoms with Gasteiger partial charge in [-0.15, -0.1) is 23.1 Å². The van der Waals surface area contributed by atoms with Crippen molar-refractivity contribution in [1.82, 2.24) is 0 Å². The molecule has 0 spiro atoms. The van der Waals surface area contributed by atoms with Gasteiger partial charge in [-0.2, -0.15) is 0 Å². The lowest BCUT2D eigenvalue weighted by Crippen LogP contribution is -2.15. The molecule has 0 aliphatic rings. The summed E-state index contributed by atoms with van der Waals surface area (Å²) < 4.78 is 4.67. The minimum absolute atomic E-state index is 0.122. The van der Waals surface area contributed by atoms with Crippen molar-refractivity contribution in [2.24, 2.45) is 0 Å². The quantitative estimate of drug-likeness (QED) is 0.829. The van der Waals surface area contributed by atoms with E-state index >= 15 is 0 Å². The highest BCUT2D eigenvalue weighted by molar-refractivity contribution is 7.99. The Labute approximate surface area is 131 Å². The lowest BCUT2D eigenvalue weighted by Gasteiger charge is -2.05. The fraction of sp³-hybridized carbons (Fsp3) is 0.200. The lowest BCUT2D eigenvalue weighted by molar-refractivity contribution is -0.113. The first-order valence-corrected chi connectivity index (χ1v) is 8.31. The molecule has 2 rings (SSSR count). The summed E-state index contributed by atoms with van der Waals surface area (Å²) in [6, 6.07) is 11.6. The fourth-order valence-corrected chi connectivity index (χ4v) is 3.25. The van der Waals surface area contributed by atoms with Gasteiger partial charge in [0.15, 0.2) is 0 Å². The van der Waals surface area contributed by atoms with Crippen molar-refractivity contribution >= 4 is 40.0 Å². The summed E-state index contributed by atoms with van der Waals surface area (Å²) in [6.07, 6.45) is 0. The number of carbonyl (C=O) groups is 2. The smallest absolute Gasteiger partial charge is 0.340 e. The van der Waals surface area contributed by atoms with Gasteiger partial charge in [-0.25, -0.2) is 4.79 Å². The second-order valence-electron chi connectivity index (χ2n) is 4.18. The number of benzene rings is 1. The van der Waals surface area contributed by atoms with Crippen LogP contribution in [0.15, 0.2) is 41.8 Å². The Balaban J connectivity index is 1.82. The predicted molar refractivity (Wildman–Crippen MR) is 86.9 cm³/mol. The first kappa shape index (κ1) is 15.6. The van der Waals surface area contributed by atoms with E-state index < -0.39 is 5.97 Å². The zero-order chi connectivity index (χ0) is 15.1. The van der Waals surface area contributed by atoms with E-state index in [4.69, 9.17) is 0 Å². The Morgan fingerprint density at radius 2 is 2.00 bits per heavy atom. The molecule has 0 atom stereocenters. The van der Waals surface area contributed by atoms with Crippen LogP contribution in [0.5, 0.6) is 0 Å². The molecule has 1 heterocycles. The van der Waals surface area contributed by atoms with Crippen molar-refractivity contribution in [2.45, 2.75) is 5.75 Å². The van der Waals surface area contributed by atoms with Crippen LogP contribution in [0.4, 0.5) is 5.00 Å². The van der Waals surface area contributed by atoms with Crippen LogP contribution in [0.2, 0.25) is 0 Å². The molecule has 0 aliphatic carbocycles. The molecule has 0 fully saturated rings. The van der Waals surface area contributed by atoms with Crippen LogP contribution in [-0.2, 0) is 15.3 Å². The number of amides is 1. The Kier molecular flexibility index (Phi) is 5.83. The molecule has 0 bridgehead atoms. The number of hydrogen-bond donors (Lipinski definition) is 1. The number of thioether (sulfide) groups is 1. The Morgan fingerprint density at radius 3 is 2.71 bits per heavy atom. The van der Waals surface area contributed by atoms with Crippen molar-refractivity contribution in [3.8, 4) is 0 Å². The largest absolute Gasteiger partial charge is 0.465 e. The molecule has 0 radical (unpaired) electrons. The van der Waals surface area contributed by atoms with Gasteiger partial charge in [0, 0.05) is 5.75 Å². The predicted octanol–water partition coefficient (Wildman–Crippen LogP) is 3.41. The summed E-state index contributed by atoms with van der Waals surface area (Å²) in [7, 11) is 1.32. The molecule has 1 aromatic heterocycles. The molecule has 6 heteroatoms. The summed E-state index contributed by atoms with van der Waals surface area (Å²) in [4.78, 5) is 23.4. The number of anilines is 1. The number of thiophene rings is 1. The van der Waals surface area contributed by atoms with E-state index in [0.717, 1.165) is 5.75 Å². The number of methoxy groups -OCH3 is 1. The first-order valence-electron chi connectivity index (χ1n) is 6.28. The van der Waals surface area contributed by atoms with Crippen LogP contribution in [-0.4, -0.2) is 24.7 Å². The second kappa shape index (κ2) is 7.85. The van der Waals surface area contributed by atoms with Crippen molar-refractivity contribution in [3.05, 3.63) is 52.9 Å². The van der Waals surface area contributed by atoms with Crippen molar-refractivity contribution in [2.75, 3.05) is 18.2 Å². The molecule has 0 unspecified atom stereocenters. The number of esters is 1. The van der Waals surface area contributed by atoms with Crippen LogP contribution in [0, 0.1) is 0 Å². The molecule has 1 amide bonds. The topological polar surface area (TPSA) is 55.4 Å². The molecule has 110 valence electrons. The third-order valence-electron chi connectivity index (χ3n) is 2.67. The van der Waals surface area contributed by atoms with E-state index in [0.29, 0.717) is 16.3 Å². The highest BCUT2D eigenvalue weighted by atomic mass is 32.2. The van der Waals surface area contributed by atoms with E-state index in [9.17, 15) is 9.59 Å². The van der Waals surface area contributed by atoms with Crippen LogP contribution in [0.3, 0.4) is 0 Å². The van der Waals surface area contributed by atoms with Crippen molar-refractivity contribution in [3.63, 3.8) is 0 Å². The lowest BCUT2D eigenvalue weighted by atomic mass is 10.2. The molecule has 0 saturated carbocycles. The van der Waals surface area contributed by atoms with Crippen LogP contribution < -0.4 is 5.32 Å². The third-order valence-corrected chi connectivity index (χ3v) is 4.50. The Morgan fingerprint density at radius 1 is 1.24 bits per heavy atom.